The summed E-state index contributed by atoms with van der Waals surface area (Å²) in [5, 5.41) is 16.0. The van der Waals surface area contributed by atoms with Gasteiger partial charge in [-0.15, -0.1) is 0 Å². The Labute approximate surface area is 145 Å². The maximum atomic E-state index is 9.31. The summed E-state index contributed by atoms with van der Waals surface area (Å²) in [5.74, 6) is 0.842. The number of hydrogen-bond acceptors (Lipinski definition) is 3. The maximum absolute atomic E-state index is 9.31. The number of hydrogen-bond donors (Lipinski definition) is 3. The van der Waals surface area contributed by atoms with E-state index >= 15 is 0 Å². The van der Waals surface area contributed by atoms with Crippen LogP contribution < -0.4 is 10.6 Å². The van der Waals surface area contributed by atoms with Gasteiger partial charge in [-0.3, -0.25) is 4.99 Å². The third kappa shape index (κ3) is 5.80. The summed E-state index contributed by atoms with van der Waals surface area (Å²) in [5.41, 5.74) is 2.60. The molecule has 1 saturated heterocycles. The Hall–Kier alpha value is -1.59. The van der Waals surface area contributed by atoms with Crippen molar-refractivity contribution in [3.8, 4) is 0 Å². The lowest BCUT2D eigenvalue weighted by atomic mass is 9.84. The predicted molar refractivity (Wildman–Crippen MR) is 98.4 cm³/mol. The molecule has 1 atom stereocenters. The third-order valence-corrected chi connectivity index (χ3v) is 4.57. The van der Waals surface area contributed by atoms with Crippen LogP contribution in [0, 0.1) is 12.3 Å². The zero-order valence-electron chi connectivity index (χ0n) is 15.0. The van der Waals surface area contributed by atoms with E-state index in [0.29, 0.717) is 13.2 Å². The van der Waals surface area contributed by atoms with Crippen LogP contribution in [0.3, 0.4) is 0 Å². The first-order chi connectivity index (χ1) is 11.7. The Balaban J connectivity index is 1.86. The standard InChI is InChI=1S/C19H31N3O2/c1-3-20-18(21-11-8-17-6-4-16(2)5-7-17)22-14-19(9-12-23)10-13-24-15-19/h4-7,23H,3,8-15H2,1-2H3,(H2,20,21,22). The summed E-state index contributed by atoms with van der Waals surface area (Å²) >= 11 is 0. The van der Waals surface area contributed by atoms with E-state index in [-0.39, 0.29) is 12.0 Å². The van der Waals surface area contributed by atoms with Crippen LogP contribution in [-0.2, 0) is 11.2 Å². The zero-order chi connectivity index (χ0) is 17.3. The Kier molecular flexibility index (Phi) is 7.53. The summed E-state index contributed by atoms with van der Waals surface area (Å²) < 4.78 is 5.53. The van der Waals surface area contributed by atoms with Gasteiger partial charge in [0.1, 0.15) is 0 Å². The highest BCUT2D eigenvalue weighted by Crippen LogP contribution is 2.32. The van der Waals surface area contributed by atoms with Gasteiger partial charge in [0.25, 0.3) is 0 Å². The van der Waals surface area contributed by atoms with Crippen molar-refractivity contribution in [2.45, 2.75) is 33.1 Å². The minimum Gasteiger partial charge on any atom is -0.396 e. The highest BCUT2D eigenvalue weighted by atomic mass is 16.5. The van der Waals surface area contributed by atoms with Crippen LogP contribution in [-0.4, -0.2) is 50.5 Å². The first kappa shape index (κ1) is 18.7. The fraction of sp³-hybridized carbons (Fsp3) is 0.632. The second-order valence-electron chi connectivity index (χ2n) is 6.63. The molecule has 0 aliphatic carbocycles. The molecule has 24 heavy (non-hydrogen) atoms. The molecule has 3 N–H and O–H groups in total. The molecular weight excluding hydrogens is 302 g/mol. The molecule has 2 rings (SSSR count). The molecule has 1 fully saturated rings. The molecular formula is C19H31N3O2. The Morgan fingerprint density at radius 3 is 2.71 bits per heavy atom. The number of aliphatic hydroxyl groups excluding tert-OH is 1. The van der Waals surface area contributed by atoms with Crippen LogP contribution in [0.4, 0.5) is 0 Å². The van der Waals surface area contributed by atoms with Crippen LogP contribution >= 0.6 is 0 Å². The first-order valence-corrected chi connectivity index (χ1v) is 8.94. The molecule has 0 spiro atoms. The van der Waals surface area contributed by atoms with Gasteiger partial charge in [-0.25, -0.2) is 0 Å². The van der Waals surface area contributed by atoms with Crippen LogP contribution in [0.25, 0.3) is 0 Å². The average Bonchev–Trinajstić information content (AvgIpc) is 3.04. The third-order valence-electron chi connectivity index (χ3n) is 4.57. The molecule has 0 saturated carbocycles. The summed E-state index contributed by atoms with van der Waals surface area (Å²) in [6, 6.07) is 8.64. The molecule has 0 radical (unpaired) electrons. The van der Waals surface area contributed by atoms with Gasteiger partial charge in [0.05, 0.1) is 13.2 Å². The van der Waals surface area contributed by atoms with Crippen molar-refractivity contribution in [3.63, 3.8) is 0 Å². The van der Waals surface area contributed by atoms with E-state index in [2.05, 4.69) is 48.7 Å². The normalized spacial score (nSPS) is 21.0. The maximum Gasteiger partial charge on any atom is 0.191 e. The number of aliphatic hydroxyl groups is 1. The van der Waals surface area contributed by atoms with Crippen molar-refractivity contribution in [1.29, 1.82) is 0 Å². The SMILES string of the molecule is CCNC(=NCC1(CCO)CCOC1)NCCc1ccc(C)cc1. The molecule has 1 aromatic carbocycles. The van der Waals surface area contributed by atoms with E-state index < -0.39 is 0 Å². The van der Waals surface area contributed by atoms with E-state index in [1.807, 2.05) is 0 Å². The van der Waals surface area contributed by atoms with Crippen LogP contribution in [0.15, 0.2) is 29.3 Å². The molecule has 0 aromatic heterocycles. The van der Waals surface area contributed by atoms with E-state index in [4.69, 9.17) is 9.73 Å². The quantitative estimate of drug-likeness (QED) is 0.502. The van der Waals surface area contributed by atoms with Gasteiger partial charge < -0.3 is 20.5 Å². The molecule has 1 heterocycles. The highest BCUT2D eigenvalue weighted by Gasteiger charge is 2.34. The fourth-order valence-electron chi connectivity index (χ4n) is 2.96. The largest absolute Gasteiger partial charge is 0.396 e. The van der Waals surface area contributed by atoms with Gasteiger partial charge >= 0.3 is 0 Å². The van der Waals surface area contributed by atoms with Gasteiger partial charge in [-0.05, 0) is 38.7 Å². The average molecular weight is 333 g/mol. The van der Waals surface area contributed by atoms with E-state index in [9.17, 15) is 5.11 Å². The van der Waals surface area contributed by atoms with Crippen LogP contribution in [0.5, 0.6) is 0 Å². The number of nitrogens with zero attached hydrogens (tertiary/aromatic N) is 1. The van der Waals surface area contributed by atoms with Gasteiger partial charge in [0.2, 0.25) is 0 Å². The van der Waals surface area contributed by atoms with Crippen LogP contribution in [0.2, 0.25) is 0 Å². The minimum absolute atomic E-state index is 0.00589. The summed E-state index contributed by atoms with van der Waals surface area (Å²) in [6.45, 7) is 8.20. The molecule has 5 nitrogen and oxygen atoms in total. The highest BCUT2D eigenvalue weighted by molar-refractivity contribution is 5.79. The lowest BCUT2D eigenvalue weighted by Crippen LogP contribution is -2.39. The summed E-state index contributed by atoms with van der Waals surface area (Å²) in [6.07, 6.45) is 2.69. The van der Waals surface area contributed by atoms with E-state index in [1.165, 1.54) is 11.1 Å². The molecule has 5 heteroatoms. The lowest BCUT2D eigenvalue weighted by Gasteiger charge is -2.24. The minimum atomic E-state index is -0.00589. The van der Waals surface area contributed by atoms with Gasteiger partial charge in [0.15, 0.2) is 5.96 Å². The topological polar surface area (TPSA) is 65.9 Å². The molecule has 1 aliphatic rings. The van der Waals surface area contributed by atoms with Crippen molar-refractivity contribution in [3.05, 3.63) is 35.4 Å². The molecule has 134 valence electrons. The number of aryl methyl sites for hydroxylation is 1. The van der Waals surface area contributed by atoms with Gasteiger partial charge in [0, 0.05) is 31.7 Å². The lowest BCUT2D eigenvalue weighted by molar-refractivity contribution is 0.131. The van der Waals surface area contributed by atoms with Crippen molar-refractivity contribution in [1.82, 2.24) is 10.6 Å². The fourth-order valence-corrected chi connectivity index (χ4v) is 2.96. The smallest absolute Gasteiger partial charge is 0.191 e. The van der Waals surface area contributed by atoms with E-state index in [0.717, 1.165) is 44.9 Å². The number of aliphatic imine (C=N–C) groups is 1. The van der Waals surface area contributed by atoms with Crippen molar-refractivity contribution >= 4 is 5.96 Å². The van der Waals surface area contributed by atoms with Crippen molar-refractivity contribution in [2.75, 3.05) is 39.5 Å². The van der Waals surface area contributed by atoms with Crippen molar-refractivity contribution in [2.24, 2.45) is 10.4 Å². The summed E-state index contributed by atoms with van der Waals surface area (Å²) in [7, 11) is 0. The number of guanidine groups is 1. The second kappa shape index (κ2) is 9.64. The van der Waals surface area contributed by atoms with E-state index in [1.54, 1.807) is 0 Å². The zero-order valence-corrected chi connectivity index (χ0v) is 15.0. The molecule has 1 aliphatic heterocycles. The first-order valence-electron chi connectivity index (χ1n) is 8.94. The molecule has 1 aromatic rings. The number of ether oxygens (including phenoxy) is 1. The number of nitrogens with one attached hydrogen (secondary N) is 2. The number of benzene rings is 1. The second-order valence-corrected chi connectivity index (χ2v) is 6.63. The predicted octanol–water partition coefficient (Wildman–Crippen LogP) is 1.88. The molecule has 0 bridgehead atoms. The monoisotopic (exact) mass is 333 g/mol. The van der Waals surface area contributed by atoms with Crippen LogP contribution in [0.1, 0.15) is 30.9 Å². The Bertz CT molecular complexity index is 508. The molecule has 0 amide bonds. The summed E-state index contributed by atoms with van der Waals surface area (Å²) in [4.78, 5) is 4.73. The Morgan fingerprint density at radius 2 is 2.08 bits per heavy atom. The van der Waals surface area contributed by atoms with Gasteiger partial charge in [-0.1, -0.05) is 29.8 Å². The van der Waals surface area contributed by atoms with Crippen molar-refractivity contribution < 1.29 is 9.84 Å². The number of rotatable bonds is 8. The van der Waals surface area contributed by atoms with Gasteiger partial charge in [-0.2, -0.15) is 0 Å². The Morgan fingerprint density at radius 1 is 1.29 bits per heavy atom. The molecule has 1 unspecified atom stereocenters.